The van der Waals surface area contributed by atoms with Gasteiger partial charge in [0, 0.05) is 32.1 Å². The Hall–Kier alpha value is -1.79. The number of carbonyl (C=O) groups excluding carboxylic acids is 2. The Kier molecular flexibility index (Phi) is 5.26. The first-order chi connectivity index (χ1) is 11.5. The number of carboxylic acids is 1. The Labute approximate surface area is 142 Å². The van der Waals surface area contributed by atoms with E-state index in [1.807, 2.05) is 4.90 Å². The largest absolute Gasteiger partial charge is 0.481 e. The number of piperidine rings is 1. The highest BCUT2D eigenvalue weighted by molar-refractivity contribution is 5.82. The second-order valence-corrected chi connectivity index (χ2v) is 7.29. The van der Waals surface area contributed by atoms with Crippen LogP contribution in [-0.2, 0) is 9.59 Å². The van der Waals surface area contributed by atoms with Gasteiger partial charge in [-0.15, -0.1) is 0 Å². The van der Waals surface area contributed by atoms with Gasteiger partial charge in [0.25, 0.3) is 0 Å². The SMILES string of the molecule is O=C(O)C1CCN(C(=O)NC2CC(=O)N(C3CCCCC3)C2)CC1. The molecule has 2 N–H and O–H groups in total. The minimum absolute atomic E-state index is 0.121. The zero-order chi connectivity index (χ0) is 17.1. The summed E-state index contributed by atoms with van der Waals surface area (Å²) in [6.07, 6.45) is 7.16. The van der Waals surface area contributed by atoms with Crippen LogP contribution in [0.15, 0.2) is 0 Å². The fourth-order valence-corrected chi connectivity index (χ4v) is 4.17. The predicted octanol–water partition coefficient (Wildman–Crippen LogP) is 1.43. The van der Waals surface area contributed by atoms with Gasteiger partial charge in [-0.3, -0.25) is 9.59 Å². The molecule has 3 aliphatic rings. The van der Waals surface area contributed by atoms with Crippen LogP contribution >= 0.6 is 0 Å². The number of hydrogen-bond acceptors (Lipinski definition) is 3. The lowest BCUT2D eigenvalue weighted by Crippen LogP contribution is -2.49. The van der Waals surface area contributed by atoms with Gasteiger partial charge in [-0.25, -0.2) is 4.79 Å². The van der Waals surface area contributed by atoms with Crippen LogP contribution in [0.3, 0.4) is 0 Å². The Balaban J connectivity index is 1.47. The smallest absolute Gasteiger partial charge is 0.317 e. The van der Waals surface area contributed by atoms with E-state index in [-0.39, 0.29) is 23.9 Å². The number of likely N-dealkylation sites (tertiary alicyclic amines) is 2. The van der Waals surface area contributed by atoms with Crippen molar-refractivity contribution in [1.29, 1.82) is 0 Å². The first-order valence-electron chi connectivity index (χ1n) is 9.12. The first kappa shape index (κ1) is 17.0. The van der Waals surface area contributed by atoms with Gasteiger partial charge >= 0.3 is 12.0 Å². The minimum Gasteiger partial charge on any atom is -0.481 e. The quantitative estimate of drug-likeness (QED) is 0.815. The summed E-state index contributed by atoms with van der Waals surface area (Å²) in [6.45, 7) is 1.55. The van der Waals surface area contributed by atoms with Crippen molar-refractivity contribution in [3.8, 4) is 0 Å². The molecule has 1 unspecified atom stereocenters. The molecule has 134 valence electrons. The van der Waals surface area contributed by atoms with E-state index < -0.39 is 5.97 Å². The highest BCUT2D eigenvalue weighted by Gasteiger charge is 2.36. The summed E-state index contributed by atoms with van der Waals surface area (Å²) in [5.41, 5.74) is 0. The molecule has 1 aliphatic carbocycles. The van der Waals surface area contributed by atoms with E-state index in [0.717, 1.165) is 12.8 Å². The molecule has 0 spiro atoms. The Morgan fingerprint density at radius 1 is 1.04 bits per heavy atom. The van der Waals surface area contributed by atoms with Crippen LogP contribution in [0.1, 0.15) is 51.4 Å². The molecule has 7 heteroatoms. The molecule has 24 heavy (non-hydrogen) atoms. The summed E-state index contributed by atoms with van der Waals surface area (Å²) in [4.78, 5) is 39.2. The molecule has 2 aliphatic heterocycles. The molecule has 3 amide bonds. The third-order valence-corrected chi connectivity index (χ3v) is 5.63. The number of carbonyl (C=O) groups is 3. The van der Waals surface area contributed by atoms with Gasteiger partial charge in [-0.1, -0.05) is 19.3 Å². The molecule has 0 aromatic rings. The molecule has 3 fully saturated rings. The molecule has 0 aromatic carbocycles. The van der Waals surface area contributed by atoms with Gasteiger partial charge in [0.05, 0.1) is 12.0 Å². The maximum atomic E-state index is 12.4. The highest BCUT2D eigenvalue weighted by Crippen LogP contribution is 2.26. The maximum Gasteiger partial charge on any atom is 0.317 e. The molecule has 7 nitrogen and oxygen atoms in total. The molecule has 0 aromatic heterocycles. The number of amides is 3. The van der Waals surface area contributed by atoms with Crippen molar-refractivity contribution in [3.63, 3.8) is 0 Å². The van der Waals surface area contributed by atoms with Crippen LogP contribution in [0.25, 0.3) is 0 Å². The molecule has 2 saturated heterocycles. The van der Waals surface area contributed by atoms with Crippen LogP contribution in [0.4, 0.5) is 4.79 Å². The minimum atomic E-state index is -0.778. The van der Waals surface area contributed by atoms with Crippen molar-refractivity contribution >= 4 is 17.9 Å². The Bertz CT molecular complexity index is 496. The molecule has 0 radical (unpaired) electrons. The molecule has 1 saturated carbocycles. The fraction of sp³-hybridized carbons (Fsp3) is 0.824. The lowest BCUT2D eigenvalue weighted by atomic mass is 9.94. The van der Waals surface area contributed by atoms with Crippen LogP contribution in [0.5, 0.6) is 0 Å². The van der Waals surface area contributed by atoms with Gasteiger partial charge in [0.15, 0.2) is 0 Å². The summed E-state index contributed by atoms with van der Waals surface area (Å²) in [5, 5.41) is 12.0. The summed E-state index contributed by atoms with van der Waals surface area (Å²) < 4.78 is 0. The molecule has 1 atom stereocenters. The Morgan fingerprint density at radius 3 is 2.33 bits per heavy atom. The molecule has 0 bridgehead atoms. The monoisotopic (exact) mass is 337 g/mol. The average molecular weight is 337 g/mol. The number of hydrogen-bond donors (Lipinski definition) is 2. The van der Waals surface area contributed by atoms with E-state index >= 15 is 0 Å². The van der Waals surface area contributed by atoms with Gasteiger partial charge in [0.2, 0.25) is 5.91 Å². The number of carboxylic acid groups (broad SMARTS) is 1. The zero-order valence-electron chi connectivity index (χ0n) is 14.1. The average Bonchev–Trinajstić information content (AvgIpc) is 2.96. The predicted molar refractivity (Wildman–Crippen MR) is 87.5 cm³/mol. The van der Waals surface area contributed by atoms with Gasteiger partial charge in [0.1, 0.15) is 0 Å². The van der Waals surface area contributed by atoms with E-state index in [4.69, 9.17) is 5.11 Å². The number of urea groups is 1. The third-order valence-electron chi connectivity index (χ3n) is 5.63. The molecular formula is C17H27N3O4. The van der Waals surface area contributed by atoms with Crippen molar-refractivity contribution in [2.24, 2.45) is 5.92 Å². The normalized spacial score (nSPS) is 26.7. The lowest BCUT2D eigenvalue weighted by Gasteiger charge is -2.32. The summed E-state index contributed by atoms with van der Waals surface area (Å²) in [6, 6.07) is 0.0609. The number of aliphatic carboxylic acids is 1. The van der Waals surface area contributed by atoms with Crippen molar-refractivity contribution in [2.45, 2.75) is 63.5 Å². The van der Waals surface area contributed by atoms with Crippen LogP contribution in [-0.4, -0.2) is 64.5 Å². The molecule has 3 rings (SSSR count). The Morgan fingerprint density at radius 2 is 1.71 bits per heavy atom. The summed E-state index contributed by atoms with van der Waals surface area (Å²) in [7, 11) is 0. The third kappa shape index (κ3) is 3.82. The second-order valence-electron chi connectivity index (χ2n) is 7.29. The standard InChI is InChI=1S/C17H27N3O4/c21-15-10-13(11-20(15)14-4-2-1-3-5-14)18-17(24)19-8-6-12(7-9-19)16(22)23/h12-14H,1-11H2,(H,18,24)(H,22,23). The van der Waals surface area contributed by atoms with Crippen molar-refractivity contribution in [3.05, 3.63) is 0 Å². The summed E-state index contributed by atoms with van der Waals surface area (Å²) in [5.74, 6) is -0.972. The van der Waals surface area contributed by atoms with E-state index in [1.165, 1.54) is 19.3 Å². The van der Waals surface area contributed by atoms with Crippen LogP contribution < -0.4 is 5.32 Å². The van der Waals surface area contributed by atoms with E-state index in [2.05, 4.69) is 5.32 Å². The number of rotatable bonds is 3. The molecular weight excluding hydrogens is 310 g/mol. The first-order valence-corrected chi connectivity index (χ1v) is 9.12. The van der Waals surface area contributed by atoms with Crippen molar-refractivity contribution in [1.82, 2.24) is 15.1 Å². The van der Waals surface area contributed by atoms with Gasteiger partial charge in [-0.2, -0.15) is 0 Å². The van der Waals surface area contributed by atoms with Gasteiger partial charge in [-0.05, 0) is 25.7 Å². The van der Waals surface area contributed by atoms with Gasteiger partial charge < -0.3 is 20.2 Å². The van der Waals surface area contributed by atoms with E-state index in [1.54, 1.807) is 4.90 Å². The fourth-order valence-electron chi connectivity index (χ4n) is 4.17. The number of nitrogens with zero attached hydrogens (tertiary/aromatic N) is 2. The van der Waals surface area contributed by atoms with Crippen molar-refractivity contribution in [2.75, 3.05) is 19.6 Å². The lowest BCUT2D eigenvalue weighted by molar-refractivity contribution is -0.143. The number of nitrogens with one attached hydrogen (secondary N) is 1. The van der Waals surface area contributed by atoms with E-state index in [9.17, 15) is 14.4 Å². The van der Waals surface area contributed by atoms with Crippen molar-refractivity contribution < 1.29 is 19.5 Å². The highest BCUT2D eigenvalue weighted by atomic mass is 16.4. The zero-order valence-corrected chi connectivity index (χ0v) is 14.1. The maximum absolute atomic E-state index is 12.4. The topological polar surface area (TPSA) is 90.0 Å². The molecule has 2 heterocycles. The summed E-state index contributed by atoms with van der Waals surface area (Å²) >= 11 is 0. The second kappa shape index (κ2) is 7.40. The van der Waals surface area contributed by atoms with Crippen LogP contribution in [0.2, 0.25) is 0 Å². The van der Waals surface area contributed by atoms with Crippen LogP contribution in [0, 0.1) is 5.92 Å². The van der Waals surface area contributed by atoms with E-state index in [0.29, 0.717) is 44.9 Å².